The molecule has 0 aromatic carbocycles. The Morgan fingerprint density at radius 2 is 1.72 bits per heavy atom. The molecule has 6 nitrogen and oxygen atoms in total. The van der Waals surface area contributed by atoms with Crippen LogP contribution < -0.4 is 11.1 Å². The average Bonchev–Trinajstić information content (AvgIpc) is 2.82. The molecule has 1 aliphatic carbocycles. The van der Waals surface area contributed by atoms with Gasteiger partial charge >= 0.3 is 6.03 Å². The third-order valence-corrected chi connectivity index (χ3v) is 3.88. The van der Waals surface area contributed by atoms with Crippen molar-refractivity contribution < 1.29 is 9.59 Å². The largest absolute Gasteiger partial charge is 0.351 e. The summed E-state index contributed by atoms with van der Waals surface area (Å²) < 4.78 is 0. The lowest BCUT2D eigenvalue weighted by Gasteiger charge is -2.37. The number of nitrogens with zero attached hydrogens (tertiary/aromatic N) is 2. The van der Waals surface area contributed by atoms with Crippen molar-refractivity contribution >= 4 is 11.9 Å². The van der Waals surface area contributed by atoms with Gasteiger partial charge in [-0.2, -0.15) is 0 Å². The van der Waals surface area contributed by atoms with E-state index in [2.05, 4.69) is 15.1 Å². The van der Waals surface area contributed by atoms with Crippen molar-refractivity contribution in [1.29, 1.82) is 0 Å². The first-order chi connectivity index (χ1) is 8.65. The molecular weight excluding hydrogens is 232 g/mol. The molecule has 2 rings (SSSR count). The quantitative estimate of drug-likeness (QED) is 0.727. The van der Waals surface area contributed by atoms with Gasteiger partial charge in [-0.3, -0.25) is 19.9 Å². The summed E-state index contributed by atoms with van der Waals surface area (Å²) in [7, 11) is 0. The van der Waals surface area contributed by atoms with Crippen LogP contribution in [0.4, 0.5) is 4.79 Å². The number of nitrogens with one attached hydrogen (secondary N) is 1. The van der Waals surface area contributed by atoms with Gasteiger partial charge in [0.25, 0.3) is 0 Å². The van der Waals surface area contributed by atoms with E-state index < -0.39 is 6.03 Å². The first-order valence-corrected chi connectivity index (χ1v) is 6.71. The van der Waals surface area contributed by atoms with Crippen molar-refractivity contribution in [3.05, 3.63) is 0 Å². The van der Waals surface area contributed by atoms with E-state index in [0.717, 1.165) is 32.2 Å². The van der Waals surface area contributed by atoms with Crippen molar-refractivity contribution in [1.82, 2.24) is 15.1 Å². The van der Waals surface area contributed by atoms with Crippen LogP contribution in [-0.4, -0.2) is 60.5 Å². The van der Waals surface area contributed by atoms with Crippen molar-refractivity contribution in [2.24, 2.45) is 5.73 Å². The second-order valence-corrected chi connectivity index (χ2v) is 5.16. The molecular formula is C12H22N4O2. The Morgan fingerprint density at radius 3 is 2.28 bits per heavy atom. The molecule has 1 aliphatic heterocycles. The van der Waals surface area contributed by atoms with E-state index in [0.29, 0.717) is 0 Å². The molecule has 0 aromatic rings. The normalized spacial score (nSPS) is 23.1. The predicted molar refractivity (Wildman–Crippen MR) is 68.0 cm³/mol. The summed E-state index contributed by atoms with van der Waals surface area (Å²) in [6, 6.07) is -0.0174. The number of urea groups is 1. The summed E-state index contributed by atoms with van der Waals surface area (Å²) in [5.74, 6) is -0.309. The van der Waals surface area contributed by atoms with Gasteiger partial charge in [-0.1, -0.05) is 12.8 Å². The van der Waals surface area contributed by atoms with Gasteiger partial charge in [0.2, 0.25) is 5.91 Å². The van der Waals surface area contributed by atoms with E-state index in [1.165, 1.54) is 25.7 Å². The van der Waals surface area contributed by atoms with Gasteiger partial charge in [0, 0.05) is 32.2 Å². The van der Waals surface area contributed by atoms with Crippen molar-refractivity contribution in [2.75, 3.05) is 32.7 Å². The summed E-state index contributed by atoms with van der Waals surface area (Å²) in [4.78, 5) is 26.5. The molecule has 102 valence electrons. The summed E-state index contributed by atoms with van der Waals surface area (Å²) >= 11 is 0. The summed E-state index contributed by atoms with van der Waals surface area (Å²) in [5.41, 5.74) is 4.91. The van der Waals surface area contributed by atoms with E-state index in [4.69, 9.17) is 5.73 Å². The third-order valence-electron chi connectivity index (χ3n) is 3.88. The van der Waals surface area contributed by atoms with Gasteiger partial charge in [0.1, 0.15) is 0 Å². The molecule has 3 N–H and O–H groups in total. The standard InChI is InChI=1S/C12H22N4O2/c13-12(18)14-11(17)9-15-5-7-16(8-6-15)10-3-1-2-4-10/h10H,1-9H2,(H3,13,14,17,18). The molecule has 6 heteroatoms. The molecule has 0 spiro atoms. The van der Waals surface area contributed by atoms with Crippen LogP contribution in [0, 0.1) is 0 Å². The molecule has 1 saturated carbocycles. The van der Waals surface area contributed by atoms with Crippen LogP contribution >= 0.6 is 0 Å². The minimum Gasteiger partial charge on any atom is -0.351 e. The number of nitrogens with two attached hydrogens (primary N) is 1. The second kappa shape index (κ2) is 6.15. The van der Waals surface area contributed by atoms with Gasteiger partial charge in [-0.05, 0) is 12.8 Å². The molecule has 0 unspecified atom stereocenters. The van der Waals surface area contributed by atoms with Crippen LogP contribution in [0.1, 0.15) is 25.7 Å². The molecule has 3 amide bonds. The number of carbonyl (C=O) groups is 2. The number of primary amides is 1. The van der Waals surface area contributed by atoms with Crippen molar-refractivity contribution in [3.63, 3.8) is 0 Å². The first-order valence-electron chi connectivity index (χ1n) is 6.71. The minimum atomic E-state index is -0.774. The first kappa shape index (κ1) is 13.3. The van der Waals surface area contributed by atoms with Gasteiger partial charge in [-0.25, -0.2) is 4.79 Å². The average molecular weight is 254 g/mol. The van der Waals surface area contributed by atoms with E-state index >= 15 is 0 Å². The molecule has 18 heavy (non-hydrogen) atoms. The number of imide groups is 1. The van der Waals surface area contributed by atoms with E-state index in [1.54, 1.807) is 0 Å². The van der Waals surface area contributed by atoms with Crippen LogP contribution in [0.3, 0.4) is 0 Å². The number of rotatable bonds is 3. The zero-order chi connectivity index (χ0) is 13.0. The molecule has 0 radical (unpaired) electrons. The fraction of sp³-hybridized carbons (Fsp3) is 0.833. The summed E-state index contributed by atoms with van der Waals surface area (Å²) in [6.45, 7) is 4.09. The second-order valence-electron chi connectivity index (χ2n) is 5.16. The molecule has 2 aliphatic rings. The van der Waals surface area contributed by atoms with E-state index in [1.807, 2.05) is 0 Å². The Morgan fingerprint density at radius 1 is 1.11 bits per heavy atom. The van der Waals surface area contributed by atoms with Gasteiger partial charge < -0.3 is 5.73 Å². The third kappa shape index (κ3) is 3.68. The van der Waals surface area contributed by atoms with Gasteiger partial charge in [-0.15, -0.1) is 0 Å². The lowest BCUT2D eigenvalue weighted by Crippen LogP contribution is -2.52. The van der Waals surface area contributed by atoms with Gasteiger partial charge in [0.15, 0.2) is 0 Å². The van der Waals surface area contributed by atoms with E-state index in [9.17, 15) is 9.59 Å². The zero-order valence-corrected chi connectivity index (χ0v) is 10.7. The maximum Gasteiger partial charge on any atom is 0.318 e. The molecule has 0 bridgehead atoms. The lowest BCUT2D eigenvalue weighted by molar-refractivity contribution is -0.121. The number of piperazine rings is 1. The molecule has 0 atom stereocenters. The molecule has 0 aromatic heterocycles. The Bertz CT molecular complexity index is 307. The molecule has 1 saturated heterocycles. The lowest BCUT2D eigenvalue weighted by atomic mass is 10.2. The number of hydrogen-bond donors (Lipinski definition) is 2. The highest BCUT2D eigenvalue weighted by molar-refractivity contribution is 5.94. The molecule has 2 fully saturated rings. The van der Waals surface area contributed by atoms with Crippen LogP contribution in [0.5, 0.6) is 0 Å². The fourth-order valence-corrected chi connectivity index (χ4v) is 2.94. The van der Waals surface area contributed by atoms with Crippen LogP contribution in [-0.2, 0) is 4.79 Å². The highest BCUT2D eigenvalue weighted by Crippen LogP contribution is 2.24. The van der Waals surface area contributed by atoms with E-state index in [-0.39, 0.29) is 12.5 Å². The highest BCUT2D eigenvalue weighted by Gasteiger charge is 2.26. The zero-order valence-electron chi connectivity index (χ0n) is 10.7. The fourth-order valence-electron chi connectivity index (χ4n) is 2.94. The number of carbonyl (C=O) groups excluding carboxylic acids is 2. The Hall–Kier alpha value is -1.14. The Balaban J connectivity index is 1.69. The predicted octanol–water partition coefficient (Wildman–Crippen LogP) is -0.258. The maximum absolute atomic E-state index is 11.4. The minimum absolute atomic E-state index is 0.265. The van der Waals surface area contributed by atoms with Crippen LogP contribution in [0.15, 0.2) is 0 Å². The Kier molecular flexibility index (Phi) is 4.54. The summed E-state index contributed by atoms with van der Waals surface area (Å²) in [6.07, 6.45) is 5.35. The highest BCUT2D eigenvalue weighted by atomic mass is 16.2. The van der Waals surface area contributed by atoms with Crippen LogP contribution in [0.25, 0.3) is 0 Å². The topological polar surface area (TPSA) is 78.7 Å². The molecule has 1 heterocycles. The smallest absolute Gasteiger partial charge is 0.318 e. The number of amides is 3. The Labute approximate surface area is 107 Å². The maximum atomic E-state index is 11.4. The monoisotopic (exact) mass is 254 g/mol. The van der Waals surface area contributed by atoms with Crippen molar-refractivity contribution in [2.45, 2.75) is 31.7 Å². The van der Waals surface area contributed by atoms with Gasteiger partial charge in [0.05, 0.1) is 6.54 Å². The van der Waals surface area contributed by atoms with Crippen LogP contribution in [0.2, 0.25) is 0 Å². The SMILES string of the molecule is NC(=O)NC(=O)CN1CCN(C2CCCC2)CC1. The summed E-state index contributed by atoms with van der Waals surface area (Å²) in [5, 5.41) is 2.10. The number of hydrogen-bond acceptors (Lipinski definition) is 4. The van der Waals surface area contributed by atoms with Crippen molar-refractivity contribution in [3.8, 4) is 0 Å².